The number of ether oxygens (including phenoxy) is 1. The summed E-state index contributed by atoms with van der Waals surface area (Å²) in [6.45, 7) is 1.34. The Morgan fingerprint density at radius 1 is 0.632 bits per heavy atom. The van der Waals surface area contributed by atoms with Gasteiger partial charge in [-0.3, -0.25) is 0 Å². The Labute approximate surface area is 114 Å². The minimum Gasteiger partial charge on any atom is -0.457 e. The van der Waals surface area contributed by atoms with Gasteiger partial charge in [-0.05, 0) is 61.3 Å². The maximum absolute atomic E-state index is 5.78. The summed E-state index contributed by atoms with van der Waals surface area (Å²) in [6.07, 6.45) is 1.79. The van der Waals surface area contributed by atoms with Crippen LogP contribution >= 0.6 is 0 Å². The predicted molar refractivity (Wildman–Crippen MR) is 78.5 cm³/mol. The lowest BCUT2D eigenvalue weighted by molar-refractivity contribution is 0.482. The van der Waals surface area contributed by atoms with Crippen molar-refractivity contribution in [3.8, 4) is 11.5 Å². The third kappa shape index (κ3) is 4.09. The maximum atomic E-state index is 5.78. The topological polar surface area (TPSA) is 61.3 Å². The molecule has 2 rings (SSSR count). The molecule has 0 aromatic heterocycles. The minimum absolute atomic E-state index is 0.669. The molecule has 0 radical (unpaired) electrons. The van der Waals surface area contributed by atoms with Gasteiger partial charge < -0.3 is 16.2 Å². The van der Waals surface area contributed by atoms with Crippen molar-refractivity contribution >= 4 is 0 Å². The molecule has 0 aliphatic carbocycles. The second kappa shape index (κ2) is 6.92. The van der Waals surface area contributed by atoms with Crippen LogP contribution < -0.4 is 16.2 Å². The van der Waals surface area contributed by atoms with E-state index in [1.54, 1.807) is 0 Å². The van der Waals surface area contributed by atoms with Gasteiger partial charge in [0.1, 0.15) is 11.5 Å². The molecule has 0 fully saturated rings. The van der Waals surface area contributed by atoms with Gasteiger partial charge >= 0.3 is 0 Å². The Balaban J connectivity index is 1.99. The molecule has 100 valence electrons. The lowest BCUT2D eigenvalue weighted by Gasteiger charge is -2.07. The van der Waals surface area contributed by atoms with Gasteiger partial charge in [0.15, 0.2) is 0 Å². The standard InChI is InChI=1S/C16H20N2O/c17-11-9-13-1-5-15(6-2-13)19-16-7-3-14(4-8-16)10-12-18/h1-8H,9-12,17-18H2. The first-order valence-corrected chi connectivity index (χ1v) is 6.57. The lowest BCUT2D eigenvalue weighted by atomic mass is 10.1. The number of hydrogen-bond donors (Lipinski definition) is 2. The monoisotopic (exact) mass is 256 g/mol. The van der Waals surface area contributed by atoms with E-state index in [9.17, 15) is 0 Å². The quantitative estimate of drug-likeness (QED) is 0.834. The van der Waals surface area contributed by atoms with Crippen molar-refractivity contribution in [3.63, 3.8) is 0 Å². The van der Waals surface area contributed by atoms with Gasteiger partial charge in [-0.25, -0.2) is 0 Å². The molecule has 0 unspecified atom stereocenters. The highest BCUT2D eigenvalue weighted by atomic mass is 16.5. The smallest absolute Gasteiger partial charge is 0.127 e. The average molecular weight is 256 g/mol. The largest absolute Gasteiger partial charge is 0.457 e. The fraction of sp³-hybridized carbons (Fsp3) is 0.250. The van der Waals surface area contributed by atoms with Crippen molar-refractivity contribution in [2.45, 2.75) is 12.8 Å². The number of hydrogen-bond acceptors (Lipinski definition) is 3. The molecule has 4 N–H and O–H groups in total. The van der Waals surface area contributed by atoms with Gasteiger partial charge in [-0.15, -0.1) is 0 Å². The van der Waals surface area contributed by atoms with Crippen LogP contribution in [0.3, 0.4) is 0 Å². The fourth-order valence-corrected chi connectivity index (χ4v) is 1.92. The highest BCUT2D eigenvalue weighted by molar-refractivity contribution is 5.34. The molecule has 0 bridgehead atoms. The average Bonchev–Trinajstić information content (AvgIpc) is 2.44. The molecule has 0 heterocycles. The Morgan fingerprint density at radius 2 is 1.00 bits per heavy atom. The molecule has 19 heavy (non-hydrogen) atoms. The van der Waals surface area contributed by atoms with Gasteiger partial charge in [0.05, 0.1) is 0 Å². The zero-order valence-corrected chi connectivity index (χ0v) is 11.0. The molecule has 0 aliphatic heterocycles. The van der Waals surface area contributed by atoms with Gasteiger partial charge in [0.2, 0.25) is 0 Å². The molecule has 0 spiro atoms. The summed E-state index contributed by atoms with van der Waals surface area (Å²) in [6, 6.07) is 16.1. The van der Waals surface area contributed by atoms with Crippen LogP contribution in [-0.2, 0) is 12.8 Å². The van der Waals surface area contributed by atoms with Crippen LogP contribution in [-0.4, -0.2) is 13.1 Å². The summed E-state index contributed by atoms with van der Waals surface area (Å²) >= 11 is 0. The first-order chi connectivity index (χ1) is 9.31. The van der Waals surface area contributed by atoms with Crippen molar-refractivity contribution in [1.29, 1.82) is 0 Å². The second-order valence-electron chi connectivity index (χ2n) is 4.47. The summed E-state index contributed by atoms with van der Waals surface area (Å²) in [5.74, 6) is 1.68. The van der Waals surface area contributed by atoms with Gasteiger partial charge in [0.25, 0.3) is 0 Å². The summed E-state index contributed by atoms with van der Waals surface area (Å²) in [5.41, 5.74) is 13.5. The molecule has 0 saturated heterocycles. The molecule has 0 atom stereocenters. The van der Waals surface area contributed by atoms with Crippen LogP contribution in [0.1, 0.15) is 11.1 Å². The third-order valence-corrected chi connectivity index (χ3v) is 2.95. The first kappa shape index (κ1) is 13.6. The fourth-order valence-electron chi connectivity index (χ4n) is 1.92. The maximum Gasteiger partial charge on any atom is 0.127 e. The van der Waals surface area contributed by atoms with Crippen LogP contribution in [0.4, 0.5) is 0 Å². The van der Waals surface area contributed by atoms with E-state index < -0.39 is 0 Å². The van der Waals surface area contributed by atoms with Crippen LogP contribution in [0.25, 0.3) is 0 Å². The summed E-state index contributed by atoms with van der Waals surface area (Å²) in [5, 5.41) is 0. The molecular formula is C16H20N2O. The zero-order valence-electron chi connectivity index (χ0n) is 11.0. The van der Waals surface area contributed by atoms with Crippen molar-refractivity contribution in [2.24, 2.45) is 11.5 Å². The van der Waals surface area contributed by atoms with E-state index in [1.807, 2.05) is 48.5 Å². The van der Waals surface area contributed by atoms with E-state index >= 15 is 0 Å². The van der Waals surface area contributed by atoms with Crippen LogP contribution in [0.15, 0.2) is 48.5 Å². The second-order valence-corrected chi connectivity index (χ2v) is 4.47. The molecule has 0 amide bonds. The van der Waals surface area contributed by atoms with Crippen LogP contribution in [0.5, 0.6) is 11.5 Å². The van der Waals surface area contributed by atoms with Crippen molar-refractivity contribution in [1.82, 2.24) is 0 Å². The molecule has 2 aromatic carbocycles. The van der Waals surface area contributed by atoms with Crippen LogP contribution in [0.2, 0.25) is 0 Å². The highest BCUT2D eigenvalue weighted by Crippen LogP contribution is 2.22. The number of nitrogens with two attached hydrogens (primary N) is 2. The Bertz CT molecular complexity index is 444. The van der Waals surface area contributed by atoms with Crippen molar-refractivity contribution in [2.75, 3.05) is 13.1 Å². The molecule has 3 heteroatoms. The van der Waals surface area contributed by atoms with Gasteiger partial charge in [-0.2, -0.15) is 0 Å². The summed E-state index contributed by atoms with van der Waals surface area (Å²) < 4.78 is 5.78. The Morgan fingerprint density at radius 3 is 1.32 bits per heavy atom. The summed E-state index contributed by atoms with van der Waals surface area (Å²) in [7, 11) is 0. The minimum atomic E-state index is 0.669. The Hall–Kier alpha value is -1.84. The molecule has 2 aromatic rings. The van der Waals surface area contributed by atoms with E-state index in [2.05, 4.69) is 0 Å². The van der Waals surface area contributed by atoms with Crippen LogP contribution in [0, 0.1) is 0 Å². The molecule has 0 aliphatic rings. The molecular weight excluding hydrogens is 236 g/mol. The van der Waals surface area contributed by atoms with E-state index in [-0.39, 0.29) is 0 Å². The zero-order chi connectivity index (χ0) is 13.5. The Kier molecular flexibility index (Phi) is 4.95. The lowest BCUT2D eigenvalue weighted by Crippen LogP contribution is -2.02. The van der Waals surface area contributed by atoms with Gasteiger partial charge in [-0.1, -0.05) is 24.3 Å². The summed E-state index contributed by atoms with van der Waals surface area (Å²) in [4.78, 5) is 0. The SMILES string of the molecule is NCCc1ccc(Oc2ccc(CCN)cc2)cc1. The highest BCUT2D eigenvalue weighted by Gasteiger charge is 1.98. The molecule has 3 nitrogen and oxygen atoms in total. The van der Waals surface area contributed by atoms with E-state index in [1.165, 1.54) is 11.1 Å². The third-order valence-electron chi connectivity index (χ3n) is 2.95. The van der Waals surface area contributed by atoms with Crippen molar-refractivity contribution in [3.05, 3.63) is 59.7 Å². The number of benzene rings is 2. The first-order valence-electron chi connectivity index (χ1n) is 6.57. The molecule has 0 saturated carbocycles. The van der Waals surface area contributed by atoms with Gasteiger partial charge in [0, 0.05) is 0 Å². The normalized spacial score (nSPS) is 10.4. The van der Waals surface area contributed by atoms with E-state index in [0.717, 1.165) is 24.3 Å². The predicted octanol–water partition coefficient (Wildman–Crippen LogP) is 2.48. The van der Waals surface area contributed by atoms with E-state index in [0.29, 0.717) is 13.1 Å². The number of rotatable bonds is 6. The van der Waals surface area contributed by atoms with Crippen molar-refractivity contribution < 1.29 is 4.74 Å². The van der Waals surface area contributed by atoms with E-state index in [4.69, 9.17) is 16.2 Å².